The molecule has 0 aliphatic rings. The summed E-state index contributed by atoms with van der Waals surface area (Å²) in [5, 5.41) is 2.95. The quantitative estimate of drug-likeness (QED) is 0.320. The molecule has 7 nitrogen and oxygen atoms in total. The SMILES string of the molecule is CC[C@H](C(=O)NCC(C)C)N(Cc1ccccc1)C(=O)CN(c1ccc(C)c(C)c1)S(=O)(=O)c1ccc(C)cc1. The summed E-state index contributed by atoms with van der Waals surface area (Å²) in [4.78, 5) is 29.0. The van der Waals surface area contributed by atoms with Crippen molar-refractivity contribution < 1.29 is 18.0 Å². The van der Waals surface area contributed by atoms with Crippen LogP contribution in [0.15, 0.2) is 77.7 Å². The van der Waals surface area contributed by atoms with Gasteiger partial charge in [0, 0.05) is 13.1 Å². The molecule has 214 valence electrons. The van der Waals surface area contributed by atoms with Crippen LogP contribution in [0, 0.1) is 26.7 Å². The molecule has 0 saturated carbocycles. The minimum atomic E-state index is -4.09. The fourth-order valence-corrected chi connectivity index (χ4v) is 5.78. The van der Waals surface area contributed by atoms with E-state index < -0.39 is 28.5 Å². The Morgan fingerprint density at radius 2 is 1.52 bits per heavy atom. The molecule has 0 bridgehead atoms. The first-order chi connectivity index (χ1) is 18.9. The monoisotopic (exact) mass is 563 g/mol. The van der Waals surface area contributed by atoms with E-state index in [0.717, 1.165) is 26.6 Å². The number of hydrogen-bond acceptors (Lipinski definition) is 4. The lowest BCUT2D eigenvalue weighted by molar-refractivity contribution is -0.140. The maximum atomic E-state index is 14.1. The van der Waals surface area contributed by atoms with Crippen LogP contribution in [0.25, 0.3) is 0 Å². The molecule has 0 unspecified atom stereocenters. The molecule has 0 saturated heterocycles. The molecule has 0 heterocycles. The van der Waals surface area contributed by atoms with Crippen LogP contribution >= 0.6 is 0 Å². The van der Waals surface area contributed by atoms with Gasteiger partial charge in [-0.2, -0.15) is 0 Å². The van der Waals surface area contributed by atoms with Crippen molar-refractivity contribution in [2.45, 2.75) is 65.4 Å². The van der Waals surface area contributed by atoms with Crippen LogP contribution < -0.4 is 9.62 Å². The van der Waals surface area contributed by atoms with Gasteiger partial charge in [0.25, 0.3) is 10.0 Å². The van der Waals surface area contributed by atoms with Crippen LogP contribution in [-0.2, 0) is 26.2 Å². The number of nitrogens with zero attached hydrogens (tertiary/aromatic N) is 2. The van der Waals surface area contributed by atoms with Gasteiger partial charge in [-0.05, 0) is 74.1 Å². The van der Waals surface area contributed by atoms with E-state index in [1.54, 1.807) is 36.4 Å². The lowest BCUT2D eigenvalue weighted by Crippen LogP contribution is -2.52. The smallest absolute Gasteiger partial charge is 0.264 e. The van der Waals surface area contributed by atoms with Gasteiger partial charge in [-0.15, -0.1) is 0 Å². The minimum Gasteiger partial charge on any atom is -0.354 e. The van der Waals surface area contributed by atoms with Crippen molar-refractivity contribution in [3.05, 3.63) is 95.1 Å². The van der Waals surface area contributed by atoms with Crippen LogP contribution in [-0.4, -0.2) is 44.3 Å². The van der Waals surface area contributed by atoms with Gasteiger partial charge in [0.2, 0.25) is 11.8 Å². The Morgan fingerprint density at radius 3 is 2.10 bits per heavy atom. The average Bonchev–Trinajstić information content (AvgIpc) is 2.92. The van der Waals surface area contributed by atoms with E-state index in [4.69, 9.17) is 0 Å². The summed E-state index contributed by atoms with van der Waals surface area (Å²) in [6.07, 6.45) is 0.386. The molecule has 3 aromatic carbocycles. The molecule has 0 fully saturated rings. The zero-order chi connectivity index (χ0) is 29.4. The third-order valence-corrected chi connectivity index (χ3v) is 8.72. The molecule has 40 heavy (non-hydrogen) atoms. The normalized spacial score (nSPS) is 12.2. The van der Waals surface area contributed by atoms with E-state index in [9.17, 15) is 18.0 Å². The van der Waals surface area contributed by atoms with Crippen molar-refractivity contribution >= 4 is 27.5 Å². The Hall–Kier alpha value is -3.65. The van der Waals surface area contributed by atoms with Crippen molar-refractivity contribution in [2.75, 3.05) is 17.4 Å². The van der Waals surface area contributed by atoms with E-state index in [2.05, 4.69) is 5.32 Å². The minimum absolute atomic E-state index is 0.0976. The predicted molar refractivity (Wildman–Crippen MR) is 161 cm³/mol. The number of amides is 2. The fourth-order valence-electron chi connectivity index (χ4n) is 4.37. The van der Waals surface area contributed by atoms with Crippen molar-refractivity contribution in [1.29, 1.82) is 0 Å². The van der Waals surface area contributed by atoms with Crippen molar-refractivity contribution in [2.24, 2.45) is 5.92 Å². The van der Waals surface area contributed by atoms with Crippen LogP contribution in [0.4, 0.5) is 5.69 Å². The molecule has 1 atom stereocenters. The maximum Gasteiger partial charge on any atom is 0.264 e. The number of carbonyl (C=O) groups is 2. The zero-order valence-corrected chi connectivity index (χ0v) is 25.2. The van der Waals surface area contributed by atoms with Gasteiger partial charge in [-0.3, -0.25) is 13.9 Å². The van der Waals surface area contributed by atoms with E-state index in [1.807, 2.05) is 77.9 Å². The van der Waals surface area contributed by atoms with Crippen molar-refractivity contribution in [1.82, 2.24) is 10.2 Å². The van der Waals surface area contributed by atoms with E-state index >= 15 is 0 Å². The summed E-state index contributed by atoms with van der Waals surface area (Å²) in [6, 6.07) is 20.6. The van der Waals surface area contributed by atoms with E-state index in [0.29, 0.717) is 18.7 Å². The highest BCUT2D eigenvalue weighted by Gasteiger charge is 2.33. The number of nitrogens with one attached hydrogen (secondary N) is 1. The molecular weight excluding hydrogens is 522 g/mol. The number of sulfonamides is 1. The van der Waals surface area contributed by atoms with Gasteiger partial charge in [0.15, 0.2) is 0 Å². The van der Waals surface area contributed by atoms with Gasteiger partial charge in [0.05, 0.1) is 10.6 Å². The Bertz CT molecular complexity index is 1400. The second-order valence-electron chi connectivity index (χ2n) is 10.7. The molecule has 0 radical (unpaired) electrons. The van der Waals surface area contributed by atoms with Gasteiger partial charge in [-0.1, -0.05) is 74.9 Å². The Morgan fingerprint density at radius 1 is 0.875 bits per heavy atom. The largest absolute Gasteiger partial charge is 0.354 e. The first-order valence-electron chi connectivity index (χ1n) is 13.7. The average molecular weight is 564 g/mol. The lowest BCUT2D eigenvalue weighted by atomic mass is 10.1. The molecule has 0 aliphatic carbocycles. The molecule has 0 aromatic heterocycles. The molecule has 3 rings (SSSR count). The van der Waals surface area contributed by atoms with E-state index in [-0.39, 0.29) is 23.3 Å². The second kappa shape index (κ2) is 13.6. The molecule has 3 aromatic rings. The summed E-state index contributed by atoms with van der Waals surface area (Å²) in [5.41, 5.74) is 4.11. The molecular formula is C32H41N3O4S. The van der Waals surface area contributed by atoms with Crippen LogP contribution in [0.3, 0.4) is 0 Å². The number of anilines is 1. The van der Waals surface area contributed by atoms with Gasteiger partial charge in [-0.25, -0.2) is 8.42 Å². The van der Waals surface area contributed by atoms with Gasteiger partial charge < -0.3 is 10.2 Å². The van der Waals surface area contributed by atoms with Gasteiger partial charge >= 0.3 is 0 Å². The number of benzene rings is 3. The zero-order valence-electron chi connectivity index (χ0n) is 24.3. The summed E-state index contributed by atoms with van der Waals surface area (Å²) < 4.78 is 29.1. The first kappa shape index (κ1) is 30.9. The Kier molecular flexibility index (Phi) is 10.5. The third-order valence-electron chi connectivity index (χ3n) is 6.93. The second-order valence-corrected chi connectivity index (χ2v) is 12.5. The summed E-state index contributed by atoms with van der Waals surface area (Å²) in [6.45, 7) is 11.8. The van der Waals surface area contributed by atoms with Gasteiger partial charge in [0.1, 0.15) is 12.6 Å². The highest BCUT2D eigenvalue weighted by molar-refractivity contribution is 7.92. The van der Waals surface area contributed by atoms with Crippen LogP contribution in [0.5, 0.6) is 0 Å². The lowest BCUT2D eigenvalue weighted by Gasteiger charge is -2.33. The maximum absolute atomic E-state index is 14.1. The fraction of sp³-hybridized carbons (Fsp3) is 0.375. The van der Waals surface area contributed by atoms with Crippen molar-refractivity contribution in [3.63, 3.8) is 0 Å². The van der Waals surface area contributed by atoms with Crippen LogP contribution in [0.1, 0.15) is 49.4 Å². The number of aryl methyl sites for hydroxylation is 3. The Labute approximate surface area is 239 Å². The highest BCUT2D eigenvalue weighted by Crippen LogP contribution is 2.27. The molecule has 2 amide bonds. The third kappa shape index (κ3) is 7.72. The standard InChI is InChI=1S/C32H41N3O4S/c1-7-30(32(37)33-20-23(2)3)34(21-27-11-9-8-10-12-27)31(36)22-35(28-16-15-25(5)26(6)19-28)40(38,39)29-17-13-24(4)14-18-29/h8-19,23,30H,7,20-22H2,1-6H3,(H,33,37)/t30-/m1/s1. The highest BCUT2D eigenvalue weighted by atomic mass is 32.2. The topological polar surface area (TPSA) is 86.8 Å². The summed E-state index contributed by atoms with van der Waals surface area (Å²) in [7, 11) is -4.09. The first-order valence-corrected chi connectivity index (χ1v) is 15.2. The summed E-state index contributed by atoms with van der Waals surface area (Å²) >= 11 is 0. The number of carbonyl (C=O) groups excluding carboxylic acids is 2. The molecule has 8 heteroatoms. The van der Waals surface area contributed by atoms with E-state index in [1.165, 1.54) is 4.90 Å². The van der Waals surface area contributed by atoms with Crippen LogP contribution in [0.2, 0.25) is 0 Å². The number of hydrogen-bond donors (Lipinski definition) is 1. The molecule has 0 aliphatic heterocycles. The van der Waals surface area contributed by atoms with Crippen molar-refractivity contribution in [3.8, 4) is 0 Å². The Balaban J connectivity index is 2.05. The predicted octanol–water partition coefficient (Wildman–Crippen LogP) is 5.39. The molecule has 1 N–H and O–H groups in total. The molecule has 0 spiro atoms. The summed E-state index contributed by atoms with van der Waals surface area (Å²) in [5.74, 6) is -0.455. The number of rotatable bonds is 12.